The lowest BCUT2D eigenvalue weighted by atomic mass is 10.1. The standard InChI is InChI=1S/C15H23BrN2O4S/c1-4-5-11(2)18-15(19)13-10-12(6-7-14(13)16)23(20,21)17-8-9-22-3/h6-7,10-11,17H,4-5,8-9H2,1-3H3,(H,18,19)/t11-/m1/s1. The summed E-state index contributed by atoms with van der Waals surface area (Å²) in [5, 5.41) is 2.86. The van der Waals surface area contributed by atoms with Crippen molar-refractivity contribution in [2.24, 2.45) is 0 Å². The maximum atomic E-state index is 12.3. The minimum Gasteiger partial charge on any atom is -0.383 e. The van der Waals surface area contributed by atoms with Crippen LogP contribution in [-0.2, 0) is 14.8 Å². The molecule has 0 unspecified atom stereocenters. The molecule has 23 heavy (non-hydrogen) atoms. The van der Waals surface area contributed by atoms with Gasteiger partial charge in [-0.15, -0.1) is 0 Å². The third-order valence-electron chi connectivity index (χ3n) is 3.19. The SMILES string of the molecule is CCC[C@@H](C)NC(=O)c1cc(S(=O)(=O)NCCOC)ccc1Br. The highest BCUT2D eigenvalue weighted by molar-refractivity contribution is 9.10. The summed E-state index contributed by atoms with van der Waals surface area (Å²) < 4.78 is 32.2. The molecule has 6 nitrogen and oxygen atoms in total. The molecule has 130 valence electrons. The highest BCUT2D eigenvalue weighted by Gasteiger charge is 2.19. The molecule has 0 heterocycles. The van der Waals surface area contributed by atoms with Gasteiger partial charge in [0.25, 0.3) is 5.91 Å². The highest BCUT2D eigenvalue weighted by Crippen LogP contribution is 2.21. The summed E-state index contributed by atoms with van der Waals surface area (Å²) in [6.07, 6.45) is 1.82. The molecular formula is C15H23BrN2O4S. The Bertz CT molecular complexity index is 634. The van der Waals surface area contributed by atoms with Crippen LogP contribution < -0.4 is 10.0 Å². The normalized spacial score (nSPS) is 12.9. The first-order chi connectivity index (χ1) is 10.8. The average Bonchev–Trinajstić information content (AvgIpc) is 2.47. The lowest BCUT2D eigenvalue weighted by Gasteiger charge is -2.14. The molecule has 0 fully saturated rings. The van der Waals surface area contributed by atoms with Gasteiger partial charge in [0, 0.05) is 24.2 Å². The molecular weight excluding hydrogens is 384 g/mol. The Balaban J connectivity index is 2.96. The van der Waals surface area contributed by atoms with Gasteiger partial charge in [0.2, 0.25) is 10.0 Å². The van der Waals surface area contributed by atoms with Crippen LogP contribution in [0.25, 0.3) is 0 Å². The topological polar surface area (TPSA) is 84.5 Å². The molecule has 0 aromatic heterocycles. The van der Waals surface area contributed by atoms with E-state index in [1.807, 2.05) is 13.8 Å². The molecule has 0 saturated carbocycles. The third kappa shape index (κ3) is 6.21. The summed E-state index contributed by atoms with van der Waals surface area (Å²) >= 11 is 3.29. The van der Waals surface area contributed by atoms with Crippen LogP contribution in [0.5, 0.6) is 0 Å². The fourth-order valence-corrected chi connectivity index (χ4v) is 3.48. The van der Waals surface area contributed by atoms with Crippen LogP contribution >= 0.6 is 15.9 Å². The van der Waals surface area contributed by atoms with Gasteiger partial charge in [-0.1, -0.05) is 13.3 Å². The summed E-state index contributed by atoms with van der Waals surface area (Å²) in [5.41, 5.74) is 0.294. The highest BCUT2D eigenvalue weighted by atomic mass is 79.9. The van der Waals surface area contributed by atoms with Crippen molar-refractivity contribution in [1.82, 2.24) is 10.0 Å². The van der Waals surface area contributed by atoms with E-state index in [0.29, 0.717) is 10.0 Å². The van der Waals surface area contributed by atoms with Gasteiger partial charge >= 0.3 is 0 Å². The van der Waals surface area contributed by atoms with Crippen LogP contribution in [0.15, 0.2) is 27.6 Å². The van der Waals surface area contributed by atoms with Crippen LogP contribution in [0.4, 0.5) is 0 Å². The van der Waals surface area contributed by atoms with Crippen molar-refractivity contribution in [2.45, 2.75) is 37.6 Å². The van der Waals surface area contributed by atoms with Gasteiger partial charge in [-0.3, -0.25) is 4.79 Å². The van der Waals surface area contributed by atoms with E-state index < -0.39 is 10.0 Å². The molecule has 0 aliphatic carbocycles. The number of ether oxygens (including phenoxy) is 1. The molecule has 1 aromatic carbocycles. The van der Waals surface area contributed by atoms with Crippen LogP contribution in [0, 0.1) is 0 Å². The number of nitrogens with one attached hydrogen (secondary N) is 2. The quantitative estimate of drug-likeness (QED) is 0.616. The van der Waals surface area contributed by atoms with E-state index in [0.717, 1.165) is 12.8 Å². The van der Waals surface area contributed by atoms with Crippen molar-refractivity contribution in [3.63, 3.8) is 0 Å². The molecule has 1 aromatic rings. The molecule has 0 aliphatic heterocycles. The Kier molecular flexibility index (Phi) is 8.18. The second-order valence-electron chi connectivity index (χ2n) is 5.20. The lowest BCUT2D eigenvalue weighted by molar-refractivity contribution is 0.0937. The Morgan fingerprint density at radius 3 is 2.70 bits per heavy atom. The Hall–Kier alpha value is -0.960. The molecule has 1 amide bonds. The molecule has 0 saturated heterocycles. The second kappa shape index (κ2) is 9.36. The van der Waals surface area contributed by atoms with Gasteiger partial charge in [-0.25, -0.2) is 13.1 Å². The predicted octanol–water partition coefficient (Wildman–Crippen LogP) is 2.29. The molecule has 0 radical (unpaired) electrons. The number of halogens is 1. The van der Waals surface area contributed by atoms with Crippen molar-refractivity contribution in [2.75, 3.05) is 20.3 Å². The second-order valence-corrected chi connectivity index (χ2v) is 7.82. The zero-order chi connectivity index (χ0) is 17.5. The van der Waals surface area contributed by atoms with E-state index in [4.69, 9.17) is 4.74 Å². The van der Waals surface area contributed by atoms with Crippen LogP contribution in [0.2, 0.25) is 0 Å². The van der Waals surface area contributed by atoms with Gasteiger partial charge in [-0.2, -0.15) is 0 Å². The first kappa shape index (κ1) is 20.1. The van der Waals surface area contributed by atoms with Crippen LogP contribution in [0.3, 0.4) is 0 Å². The summed E-state index contributed by atoms with van der Waals surface area (Å²) in [7, 11) is -2.18. The van der Waals surface area contributed by atoms with Crippen molar-refractivity contribution >= 4 is 31.9 Å². The first-order valence-electron chi connectivity index (χ1n) is 7.40. The molecule has 0 bridgehead atoms. The van der Waals surface area contributed by atoms with Gasteiger partial charge in [0.15, 0.2) is 0 Å². The minimum absolute atomic E-state index is 0.0273. The number of hydrogen-bond acceptors (Lipinski definition) is 4. The summed E-state index contributed by atoms with van der Waals surface area (Å²) in [5.74, 6) is -0.299. The summed E-state index contributed by atoms with van der Waals surface area (Å²) in [6.45, 7) is 4.40. The largest absolute Gasteiger partial charge is 0.383 e. The first-order valence-corrected chi connectivity index (χ1v) is 9.68. The average molecular weight is 407 g/mol. The number of carbonyl (C=O) groups is 1. The number of methoxy groups -OCH3 is 1. The summed E-state index contributed by atoms with van der Waals surface area (Å²) in [6, 6.07) is 4.41. The Morgan fingerprint density at radius 2 is 2.09 bits per heavy atom. The van der Waals surface area contributed by atoms with Gasteiger partial charge in [0.1, 0.15) is 0 Å². The summed E-state index contributed by atoms with van der Waals surface area (Å²) in [4.78, 5) is 12.4. The number of amides is 1. The van der Waals surface area contributed by atoms with Gasteiger partial charge < -0.3 is 10.1 Å². The van der Waals surface area contributed by atoms with E-state index >= 15 is 0 Å². The monoisotopic (exact) mass is 406 g/mol. The molecule has 0 spiro atoms. The molecule has 1 atom stereocenters. The molecule has 0 aliphatic rings. The Morgan fingerprint density at radius 1 is 1.39 bits per heavy atom. The van der Waals surface area contributed by atoms with E-state index in [1.54, 1.807) is 6.07 Å². The van der Waals surface area contributed by atoms with Crippen LogP contribution in [-0.4, -0.2) is 40.6 Å². The van der Waals surface area contributed by atoms with Crippen molar-refractivity contribution in [1.29, 1.82) is 0 Å². The fraction of sp³-hybridized carbons (Fsp3) is 0.533. The fourth-order valence-electron chi connectivity index (χ4n) is 2.01. The Labute approximate surface area is 146 Å². The van der Waals surface area contributed by atoms with Crippen molar-refractivity contribution in [3.8, 4) is 0 Å². The zero-order valence-electron chi connectivity index (χ0n) is 13.6. The maximum Gasteiger partial charge on any atom is 0.252 e. The van der Waals surface area contributed by atoms with E-state index in [1.165, 1.54) is 19.2 Å². The molecule has 1 rings (SSSR count). The van der Waals surface area contributed by atoms with Crippen molar-refractivity contribution < 1.29 is 17.9 Å². The minimum atomic E-state index is -3.67. The maximum absolute atomic E-state index is 12.3. The molecule has 2 N–H and O–H groups in total. The number of hydrogen-bond donors (Lipinski definition) is 2. The third-order valence-corrected chi connectivity index (χ3v) is 5.34. The lowest BCUT2D eigenvalue weighted by Crippen LogP contribution is -2.33. The number of rotatable bonds is 9. The zero-order valence-corrected chi connectivity index (χ0v) is 16.0. The van der Waals surface area contributed by atoms with Gasteiger partial charge in [0.05, 0.1) is 17.1 Å². The number of carbonyl (C=O) groups excluding carboxylic acids is 1. The number of sulfonamides is 1. The number of benzene rings is 1. The van der Waals surface area contributed by atoms with E-state index in [2.05, 4.69) is 26.0 Å². The van der Waals surface area contributed by atoms with Crippen molar-refractivity contribution in [3.05, 3.63) is 28.2 Å². The van der Waals surface area contributed by atoms with E-state index in [-0.39, 0.29) is 30.0 Å². The van der Waals surface area contributed by atoms with Gasteiger partial charge in [-0.05, 0) is 47.5 Å². The van der Waals surface area contributed by atoms with E-state index in [9.17, 15) is 13.2 Å². The van der Waals surface area contributed by atoms with Crippen LogP contribution in [0.1, 0.15) is 37.0 Å². The smallest absolute Gasteiger partial charge is 0.252 e. The molecule has 8 heteroatoms. The predicted molar refractivity (Wildman–Crippen MR) is 93.0 cm³/mol.